The van der Waals surface area contributed by atoms with Crippen LogP contribution in [-0.4, -0.2) is 11.5 Å². The summed E-state index contributed by atoms with van der Waals surface area (Å²) in [6, 6.07) is 4.61. The van der Waals surface area contributed by atoms with Gasteiger partial charge in [0.05, 0.1) is 9.95 Å². The Labute approximate surface area is 125 Å². The van der Waals surface area contributed by atoms with Crippen LogP contribution in [0.1, 0.15) is 33.3 Å². The van der Waals surface area contributed by atoms with E-state index in [4.69, 9.17) is 11.6 Å². The van der Waals surface area contributed by atoms with E-state index in [0.717, 1.165) is 12.1 Å². The lowest BCUT2D eigenvalue weighted by molar-refractivity contribution is -0.384. The second kappa shape index (κ2) is 7.60. The molecular weight excluding hydrogens is 276 g/mol. The molecule has 0 radical (unpaired) electrons. The fourth-order valence-electron chi connectivity index (χ4n) is 2.41. The van der Waals surface area contributed by atoms with E-state index in [-0.39, 0.29) is 5.69 Å². The standard InChI is InChI=1S/C15H23ClN2O2/c1-10(2)14(11(3)4)9-17-8-12-5-6-13(18(19)20)7-15(12)16/h5-7,10-11,14,17H,8-9H2,1-4H3. The molecule has 5 heteroatoms. The van der Waals surface area contributed by atoms with Crippen molar-refractivity contribution in [2.24, 2.45) is 17.8 Å². The third-order valence-corrected chi connectivity index (χ3v) is 4.01. The van der Waals surface area contributed by atoms with Gasteiger partial charge in [-0.3, -0.25) is 10.1 Å². The van der Waals surface area contributed by atoms with Crippen molar-refractivity contribution in [1.82, 2.24) is 5.32 Å². The van der Waals surface area contributed by atoms with Crippen molar-refractivity contribution in [3.8, 4) is 0 Å². The summed E-state index contributed by atoms with van der Waals surface area (Å²) >= 11 is 6.07. The number of halogens is 1. The summed E-state index contributed by atoms with van der Waals surface area (Å²) in [7, 11) is 0. The highest BCUT2D eigenvalue weighted by Crippen LogP contribution is 2.23. The zero-order valence-electron chi connectivity index (χ0n) is 12.5. The first-order valence-electron chi connectivity index (χ1n) is 6.96. The van der Waals surface area contributed by atoms with E-state index in [1.54, 1.807) is 6.07 Å². The van der Waals surface area contributed by atoms with Crippen LogP contribution in [0.3, 0.4) is 0 Å². The monoisotopic (exact) mass is 298 g/mol. The number of nitro groups is 1. The Morgan fingerprint density at radius 2 is 1.85 bits per heavy atom. The average molecular weight is 299 g/mol. The molecule has 1 rings (SSSR count). The molecule has 0 atom stereocenters. The molecule has 0 fully saturated rings. The molecule has 0 saturated heterocycles. The van der Waals surface area contributed by atoms with E-state index in [2.05, 4.69) is 33.0 Å². The Bertz CT molecular complexity index is 453. The first-order chi connectivity index (χ1) is 9.32. The van der Waals surface area contributed by atoms with Gasteiger partial charge in [-0.25, -0.2) is 0 Å². The molecule has 0 aliphatic heterocycles. The summed E-state index contributed by atoms with van der Waals surface area (Å²) < 4.78 is 0. The van der Waals surface area contributed by atoms with Gasteiger partial charge in [-0.05, 0) is 35.9 Å². The SMILES string of the molecule is CC(C)C(CNCc1ccc([N+](=O)[O-])cc1Cl)C(C)C. The van der Waals surface area contributed by atoms with Crippen LogP contribution in [0.2, 0.25) is 5.02 Å². The lowest BCUT2D eigenvalue weighted by Gasteiger charge is -2.25. The minimum atomic E-state index is -0.434. The number of non-ortho nitro benzene ring substituents is 1. The summed E-state index contributed by atoms with van der Waals surface area (Å²) in [5.41, 5.74) is 0.921. The van der Waals surface area contributed by atoms with Crippen LogP contribution in [0.4, 0.5) is 5.69 Å². The molecule has 0 amide bonds. The van der Waals surface area contributed by atoms with E-state index >= 15 is 0 Å². The molecule has 112 valence electrons. The fourth-order valence-corrected chi connectivity index (χ4v) is 2.65. The van der Waals surface area contributed by atoms with Gasteiger partial charge in [0.15, 0.2) is 0 Å². The average Bonchev–Trinajstić information content (AvgIpc) is 2.34. The van der Waals surface area contributed by atoms with Crippen LogP contribution in [-0.2, 0) is 6.54 Å². The second-order valence-corrected chi connectivity index (χ2v) is 6.22. The van der Waals surface area contributed by atoms with Crippen molar-refractivity contribution in [3.05, 3.63) is 38.9 Å². The third kappa shape index (κ3) is 4.76. The van der Waals surface area contributed by atoms with Gasteiger partial charge in [0, 0.05) is 18.7 Å². The van der Waals surface area contributed by atoms with Crippen molar-refractivity contribution in [2.45, 2.75) is 34.2 Å². The van der Waals surface area contributed by atoms with Gasteiger partial charge in [-0.15, -0.1) is 0 Å². The molecule has 0 aliphatic carbocycles. The van der Waals surface area contributed by atoms with E-state index < -0.39 is 4.92 Å². The van der Waals surface area contributed by atoms with Gasteiger partial charge in [0.25, 0.3) is 5.69 Å². The highest BCUT2D eigenvalue weighted by atomic mass is 35.5. The normalized spacial score (nSPS) is 11.6. The van der Waals surface area contributed by atoms with E-state index in [9.17, 15) is 10.1 Å². The molecule has 1 aromatic rings. The molecule has 0 bridgehead atoms. The van der Waals surface area contributed by atoms with Gasteiger partial charge in [0.2, 0.25) is 0 Å². The molecule has 1 aromatic carbocycles. The molecule has 20 heavy (non-hydrogen) atoms. The molecule has 0 saturated carbocycles. The molecule has 0 aromatic heterocycles. The number of hydrogen-bond acceptors (Lipinski definition) is 3. The quantitative estimate of drug-likeness (QED) is 0.604. The van der Waals surface area contributed by atoms with Crippen LogP contribution < -0.4 is 5.32 Å². The van der Waals surface area contributed by atoms with Gasteiger partial charge in [0.1, 0.15) is 0 Å². The third-order valence-electron chi connectivity index (χ3n) is 3.66. The van der Waals surface area contributed by atoms with E-state index in [1.807, 2.05) is 0 Å². The number of nitro benzene ring substituents is 1. The minimum Gasteiger partial charge on any atom is -0.312 e. The van der Waals surface area contributed by atoms with Crippen molar-refractivity contribution < 1.29 is 4.92 Å². The van der Waals surface area contributed by atoms with Crippen LogP contribution in [0.15, 0.2) is 18.2 Å². The molecule has 0 heterocycles. The number of benzene rings is 1. The Balaban J connectivity index is 2.60. The van der Waals surface area contributed by atoms with Crippen molar-refractivity contribution in [1.29, 1.82) is 0 Å². The van der Waals surface area contributed by atoms with Crippen molar-refractivity contribution >= 4 is 17.3 Å². The molecular formula is C15H23ClN2O2. The smallest absolute Gasteiger partial charge is 0.270 e. The van der Waals surface area contributed by atoms with Crippen LogP contribution in [0.5, 0.6) is 0 Å². The van der Waals surface area contributed by atoms with Crippen LogP contribution >= 0.6 is 11.6 Å². The summed E-state index contributed by atoms with van der Waals surface area (Å²) in [5, 5.41) is 14.5. The largest absolute Gasteiger partial charge is 0.312 e. The number of hydrogen-bond donors (Lipinski definition) is 1. The lowest BCUT2D eigenvalue weighted by Crippen LogP contribution is -2.29. The lowest BCUT2D eigenvalue weighted by atomic mass is 9.85. The summed E-state index contributed by atoms with van der Waals surface area (Å²) in [6.45, 7) is 10.5. The van der Waals surface area contributed by atoms with Crippen molar-refractivity contribution in [2.75, 3.05) is 6.54 Å². The summed E-state index contributed by atoms with van der Waals surface area (Å²) in [6.07, 6.45) is 0. The number of nitrogens with one attached hydrogen (secondary N) is 1. The Morgan fingerprint density at radius 3 is 2.30 bits per heavy atom. The Kier molecular flexibility index (Phi) is 6.43. The predicted octanol–water partition coefficient (Wildman–Crippen LogP) is 4.27. The molecule has 0 unspecified atom stereocenters. The molecule has 0 aliphatic rings. The summed E-state index contributed by atoms with van der Waals surface area (Å²) in [4.78, 5) is 10.2. The fraction of sp³-hybridized carbons (Fsp3) is 0.600. The topological polar surface area (TPSA) is 55.2 Å². The maximum atomic E-state index is 10.6. The number of nitrogens with zero attached hydrogens (tertiary/aromatic N) is 1. The zero-order valence-corrected chi connectivity index (χ0v) is 13.3. The first-order valence-corrected chi connectivity index (χ1v) is 7.34. The number of rotatable bonds is 7. The predicted molar refractivity (Wildman–Crippen MR) is 83.0 cm³/mol. The zero-order chi connectivity index (χ0) is 15.3. The summed E-state index contributed by atoms with van der Waals surface area (Å²) in [5.74, 6) is 1.84. The van der Waals surface area contributed by atoms with E-state index in [1.165, 1.54) is 12.1 Å². The molecule has 1 N–H and O–H groups in total. The minimum absolute atomic E-state index is 0.0287. The molecule has 4 nitrogen and oxygen atoms in total. The highest BCUT2D eigenvalue weighted by molar-refractivity contribution is 6.31. The van der Waals surface area contributed by atoms with Crippen molar-refractivity contribution in [3.63, 3.8) is 0 Å². The van der Waals surface area contributed by atoms with E-state index in [0.29, 0.717) is 29.3 Å². The maximum Gasteiger partial charge on any atom is 0.270 e. The van der Waals surface area contributed by atoms with Gasteiger partial charge >= 0.3 is 0 Å². The Hall–Kier alpha value is -1.13. The highest BCUT2D eigenvalue weighted by Gasteiger charge is 2.17. The molecule has 0 spiro atoms. The van der Waals surface area contributed by atoms with Crippen LogP contribution in [0.25, 0.3) is 0 Å². The first kappa shape index (κ1) is 16.9. The Morgan fingerprint density at radius 1 is 1.25 bits per heavy atom. The van der Waals surface area contributed by atoms with Gasteiger partial charge < -0.3 is 5.32 Å². The second-order valence-electron chi connectivity index (χ2n) is 5.82. The van der Waals surface area contributed by atoms with Gasteiger partial charge in [-0.2, -0.15) is 0 Å². The van der Waals surface area contributed by atoms with Crippen LogP contribution in [0, 0.1) is 27.9 Å². The maximum absolute atomic E-state index is 10.6. The van der Waals surface area contributed by atoms with Gasteiger partial charge in [-0.1, -0.05) is 39.3 Å².